The van der Waals surface area contributed by atoms with E-state index >= 15 is 0 Å². The molecule has 0 N–H and O–H groups in total. The topological polar surface area (TPSA) is 0 Å². The van der Waals surface area contributed by atoms with Gasteiger partial charge in [0.2, 0.25) is 0 Å². The van der Waals surface area contributed by atoms with Crippen molar-refractivity contribution in [2.75, 3.05) is 0 Å². The van der Waals surface area contributed by atoms with E-state index in [1.165, 1.54) is 57.8 Å². The summed E-state index contributed by atoms with van der Waals surface area (Å²) in [5.74, 6) is 8.75. The van der Waals surface area contributed by atoms with Crippen molar-refractivity contribution in [3.63, 3.8) is 0 Å². The van der Waals surface area contributed by atoms with E-state index in [1.807, 2.05) is 0 Å². The van der Waals surface area contributed by atoms with Crippen LogP contribution in [0.4, 0.5) is 0 Å². The van der Waals surface area contributed by atoms with Crippen molar-refractivity contribution < 1.29 is 0 Å². The molecule has 4 saturated carbocycles. The lowest BCUT2D eigenvalue weighted by Crippen LogP contribution is -2.29. The van der Waals surface area contributed by atoms with Gasteiger partial charge in [-0.15, -0.1) is 0 Å². The minimum absolute atomic E-state index is 1.07. The van der Waals surface area contributed by atoms with Crippen LogP contribution in [0.2, 0.25) is 0 Å². The van der Waals surface area contributed by atoms with E-state index in [9.17, 15) is 0 Å². The maximum absolute atomic E-state index is 2.41. The molecule has 0 aromatic carbocycles. The Kier molecular flexibility index (Phi) is 15.2. The molecule has 228 valence electrons. The van der Waals surface area contributed by atoms with Crippen molar-refractivity contribution in [2.45, 2.75) is 200 Å². The maximum Gasteiger partial charge on any atom is -0.0386 e. The Balaban J connectivity index is 0.969. The van der Waals surface area contributed by atoms with Crippen molar-refractivity contribution in [3.05, 3.63) is 0 Å². The zero-order valence-electron chi connectivity index (χ0n) is 27.1. The van der Waals surface area contributed by atoms with Gasteiger partial charge in [-0.25, -0.2) is 0 Å². The average molecular weight is 541 g/mol. The van der Waals surface area contributed by atoms with E-state index in [0.29, 0.717) is 0 Å². The summed E-state index contributed by atoms with van der Waals surface area (Å²) in [6.07, 6.45) is 44.7. The van der Waals surface area contributed by atoms with E-state index in [-0.39, 0.29) is 0 Å². The van der Waals surface area contributed by atoms with Gasteiger partial charge in [-0.3, -0.25) is 0 Å². The fraction of sp³-hybridized carbons (Fsp3) is 1.00. The van der Waals surface area contributed by atoms with Crippen LogP contribution in [0, 0.1) is 47.3 Å². The molecule has 4 aliphatic rings. The molecule has 0 spiro atoms. The summed E-state index contributed by atoms with van der Waals surface area (Å²) in [6, 6.07) is 0. The Morgan fingerprint density at radius 1 is 0.308 bits per heavy atom. The highest BCUT2D eigenvalue weighted by Crippen LogP contribution is 2.46. The van der Waals surface area contributed by atoms with Gasteiger partial charge in [0, 0.05) is 0 Å². The number of hydrogen-bond donors (Lipinski definition) is 0. The molecule has 0 heterocycles. The lowest BCUT2D eigenvalue weighted by Gasteiger charge is -2.41. The van der Waals surface area contributed by atoms with Gasteiger partial charge >= 0.3 is 0 Å². The van der Waals surface area contributed by atoms with Gasteiger partial charge in [0.1, 0.15) is 0 Å². The molecule has 39 heavy (non-hydrogen) atoms. The van der Waals surface area contributed by atoms with Gasteiger partial charge in [-0.2, -0.15) is 0 Å². The van der Waals surface area contributed by atoms with Gasteiger partial charge in [0.05, 0.1) is 0 Å². The molecule has 4 aliphatic carbocycles. The molecule has 0 saturated heterocycles. The van der Waals surface area contributed by atoms with Gasteiger partial charge in [0.15, 0.2) is 0 Å². The molecule has 4 rings (SSSR count). The largest absolute Gasteiger partial charge is 0.0654 e. The molecule has 0 amide bonds. The average Bonchev–Trinajstić information content (AvgIpc) is 3.00. The van der Waals surface area contributed by atoms with E-state index in [4.69, 9.17) is 0 Å². The third kappa shape index (κ3) is 11.3. The summed E-state index contributed by atoms with van der Waals surface area (Å²) in [7, 11) is 0. The van der Waals surface area contributed by atoms with Crippen molar-refractivity contribution in [2.24, 2.45) is 47.3 Å². The highest BCUT2D eigenvalue weighted by atomic mass is 14.4. The quantitative estimate of drug-likeness (QED) is 0.171. The molecule has 0 atom stereocenters. The highest BCUT2D eigenvalue weighted by molar-refractivity contribution is 4.86. The minimum atomic E-state index is 1.07. The van der Waals surface area contributed by atoms with Gasteiger partial charge in [-0.05, 0) is 98.7 Å². The smallest absolute Gasteiger partial charge is 0.0386 e. The molecule has 0 bridgehead atoms. The van der Waals surface area contributed by atoms with Crippen LogP contribution >= 0.6 is 0 Å². The lowest BCUT2D eigenvalue weighted by molar-refractivity contribution is 0.103. The predicted octanol–water partition coefficient (Wildman–Crippen LogP) is 13.3. The molecule has 0 unspecified atom stereocenters. The highest BCUT2D eigenvalue weighted by Gasteiger charge is 2.34. The van der Waals surface area contributed by atoms with Crippen molar-refractivity contribution in [1.82, 2.24) is 0 Å². The second kappa shape index (κ2) is 18.5. The SMILES string of the molecule is CCCCCCCCCC1CCC(CCCCC2CCC(C3CCC(C4CCC(CC)CC4)CC3)CC2)CC1. The second-order valence-electron chi connectivity index (χ2n) is 15.7. The van der Waals surface area contributed by atoms with Crippen LogP contribution in [-0.4, -0.2) is 0 Å². The summed E-state index contributed by atoms with van der Waals surface area (Å²) in [5, 5.41) is 0. The Morgan fingerprint density at radius 3 is 0.974 bits per heavy atom. The summed E-state index contributed by atoms with van der Waals surface area (Å²) < 4.78 is 0. The Labute approximate surface area is 247 Å². The zero-order chi connectivity index (χ0) is 27.1. The first-order chi connectivity index (χ1) is 19.2. The monoisotopic (exact) mass is 541 g/mol. The van der Waals surface area contributed by atoms with E-state index in [1.54, 1.807) is 128 Å². The molecule has 0 aliphatic heterocycles. The molecule has 0 nitrogen and oxygen atoms in total. The van der Waals surface area contributed by atoms with Crippen molar-refractivity contribution >= 4 is 0 Å². The normalized spacial score (nSPS) is 36.2. The van der Waals surface area contributed by atoms with E-state index in [0.717, 1.165) is 47.3 Å². The van der Waals surface area contributed by atoms with Gasteiger partial charge in [-0.1, -0.05) is 149 Å². The Morgan fingerprint density at radius 2 is 0.590 bits per heavy atom. The molecule has 0 aromatic rings. The first kappa shape index (κ1) is 31.9. The first-order valence-corrected chi connectivity index (χ1v) is 19.2. The van der Waals surface area contributed by atoms with Crippen LogP contribution in [0.25, 0.3) is 0 Å². The molecule has 4 fully saturated rings. The molecular formula is C39H72. The fourth-order valence-electron chi connectivity index (χ4n) is 10.2. The third-order valence-electron chi connectivity index (χ3n) is 13.2. The molecule has 0 heteroatoms. The van der Waals surface area contributed by atoms with Crippen LogP contribution < -0.4 is 0 Å². The zero-order valence-corrected chi connectivity index (χ0v) is 27.1. The summed E-state index contributed by atoms with van der Waals surface area (Å²) in [6.45, 7) is 4.74. The maximum atomic E-state index is 2.41. The van der Waals surface area contributed by atoms with Crippen molar-refractivity contribution in [1.29, 1.82) is 0 Å². The fourth-order valence-corrected chi connectivity index (χ4v) is 10.2. The van der Waals surface area contributed by atoms with E-state index < -0.39 is 0 Å². The standard InChI is InChI=1S/C39H72/c1-3-5-6-7-8-9-10-13-33-16-18-34(19-17-33)14-11-12-15-35-22-26-37(27-23-35)39-30-28-38(29-31-39)36-24-20-32(4-2)21-25-36/h32-39H,3-31H2,1-2H3. The predicted molar refractivity (Wildman–Crippen MR) is 173 cm³/mol. The molecular weight excluding hydrogens is 468 g/mol. The van der Waals surface area contributed by atoms with Crippen LogP contribution in [0.15, 0.2) is 0 Å². The second-order valence-corrected chi connectivity index (χ2v) is 15.7. The van der Waals surface area contributed by atoms with Crippen LogP contribution in [0.3, 0.4) is 0 Å². The van der Waals surface area contributed by atoms with Crippen LogP contribution in [-0.2, 0) is 0 Å². The summed E-state index contributed by atoms with van der Waals surface area (Å²) in [4.78, 5) is 0. The van der Waals surface area contributed by atoms with Crippen LogP contribution in [0.5, 0.6) is 0 Å². The Bertz CT molecular complexity index is 575. The first-order valence-electron chi connectivity index (χ1n) is 19.2. The molecule has 0 aromatic heterocycles. The minimum Gasteiger partial charge on any atom is -0.0654 e. The summed E-state index contributed by atoms with van der Waals surface area (Å²) >= 11 is 0. The molecule has 0 radical (unpaired) electrons. The van der Waals surface area contributed by atoms with E-state index in [2.05, 4.69) is 13.8 Å². The number of unbranched alkanes of at least 4 members (excludes halogenated alkanes) is 7. The summed E-state index contributed by atoms with van der Waals surface area (Å²) in [5.41, 5.74) is 0. The third-order valence-corrected chi connectivity index (χ3v) is 13.2. The van der Waals surface area contributed by atoms with Crippen molar-refractivity contribution in [3.8, 4) is 0 Å². The van der Waals surface area contributed by atoms with Gasteiger partial charge in [0.25, 0.3) is 0 Å². The van der Waals surface area contributed by atoms with Crippen LogP contribution in [0.1, 0.15) is 200 Å². The number of hydrogen-bond acceptors (Lipinski definition) is 0. The van der Waals surface area contributed by atoms with Gasteiger partial charge < -0.3 is 0 Å². The Hall–Kier alpha value is 0. The number of rotatable bonds is 16. The lowest BCUT2D eigenvalue weighted by atomic mass is 9.64.